The molecule has 8 nitrogen and oxygen atoms in total. The summed E-state index contributed by atoms with van der Waals surface area (Å²) in [5.41, 5.74) is 1.98. The second-order valence-corrected chi connectivity index (χ2v) is 11.3. The van der Waals surface area contributed by atoms with Crippen molar-refractivity contribution in [3.8, 4) is 0 Å². The highest BCUT2D eigenvalue weighted by molar-refractivity contribution is 7.91. The maximum Gasteiger partial charge on any atom is 0.186 e. The Balaban J connectivity index is 1.36. The molecular formula is C29H32O8S. The first kappa shape index (κ1) is 27.0. The van der Waals surface area contributed by atoms with Gasteiger partial charge in [-0.2, -0.15) is 0 Å². The Hall–Kier alpha value is -2.63. The fourth-order valence-electron chi connectivity index (χ4n) is 4.67. The topological polar surface area (TPSA) is 89.5 Å². The second kappa shape index (κ2) is 12.5. The van der Waals surface area contributed by atoms with Crippen molar-refractivity contribution in [2.45, 2.75) is 55.1 Å². The summed E-state index contributed by atoms with van der Waals surface area (Å²) in [6.45, 7) is 0.767. The number of hydrogen-bond donors (Lipinski definition) is 0. The highest BCUT2D eigenvalue weighted by atomic mass is 32.2. The van der Waals surface area contributed by atoms with E-state index in [0.29, 0.717) is 13.2 Å². The largest absolute Gasteiger partial charge is 0.368 e. The molecule has 0 aromatic heterocycles. The maximum atomic E-state index is 13.0. The molecule has 38 heavy (non-hydrogen) atoms. The number of rotatable bonds is 10. The second-order valence-electron chi connectivity index (χ2n) is 9.26. The van der Waals surface area contributed by atoms with Gasteiger partial charge in [0.15, 0.2) is 22.4 Å². The van der Waals surface area contributed by atoms with E-state index in [-0.39, 0.29) is 17.3 Å². The van der Waals surface area contributed by atoms with Crippen molar-refractivity contribution >= 4 is 9.84 Å². The van der Waals surface area contributed by atoms with Crippen LogP contribution in [-0.4, -0.2) is 64.9 Å². The molecule has 2 aliphatic heterocycles. The number of hydrogen-bond acceptors (Lipinski definition) is 8. The number of sulfone groups is 1. The number of methoxy groups -OCH3 is 1. The van der Waals surface area contributed by atoms with Crippen LogP contribution >= 0.6 is 0 Å². The zero-order valence-corrected chi connectivity index (χ0v) is 21.9. The Bertz CT molecular complexity index is 1240. The molecule has 0 saturated carbocycles. The average Bonchev–Trinajstić information content (AvgIpc) is 2.96. The Labute approximate surface area is 223 Å². The van der Waals surface area contributed by atoms with Gasteiger partial charge >= 0.3 is 0 Å². The van der Waals surface area contributed by atoms with E-state index in [1.54, 1.807) is 37.4 Å². The number of fused-ring (bicyclic) bond motifs is 1. The highest BCUT2D eigenvalue weighted by Gasteiger charge is 2.51. The van der Waals surface area contributed by atoms with Crippen LogP contribution in [0.3, 0.4) is 0 Å². The first-order chi connectivity index (χ1) is 18.5. The molecule has 9 heteroatoms. The summed E-state index contributed by atoms with van der Waals surface area (Å²) in [4.78, 5) is 0.217. The number of ether oxygens (including phenoxy) is 6. The minimum Gasteiger partial charge on any atom is -0.368 e. The van der Waals surface area contributed by atoms with Gasteiger partial charge < -0.3 is 28.4 Å². The smallest absolute Gasteiger partial charge is 0.186 e. The van der Waals surface area contributed by atoms with Gasteiger partial charge in [0.05, 0.1) is 24.7 Å². The first-order valence-electron chi connectivity index (χ1n) is 12.6. The van der Waals surface area contributed by atoms with Gasteiger partial charge in [0.2, 0.25) is 0 Å². The maximum absolute atomic E-state index is 13.0. The fraction of sp³-hybridized carbons (Fsp3) is 0.379. The first-order valence-corrected chi connectivity index (χ1v) is 14.2. The zero-order valence-electron chi connectivity index (χ0n) is 21.1. The van der Waals surface area contributed by atoms with Crippen LogP contribution in [0.5, 0.6) is 0 Å². The van der Waals surface area contributed by atoms with Gasteiger partial charge in [0.1, 0.15) is 30.2 Å². The molecule has 3 aromatic rings. The normalized spacial score (nSPS) is 27.5. The lowest BCUT2D eigenvalue weighted by Gasteiger charge is -2.48. The summed E-state index contributed by atoms with van der Waals surface area (Å²) >= 11 is 0. The lowest BCUT2D eigenvalue weighted by Crippen LogP contribution is -2.64. The van der Waals surface area contributed by atoms with Crippen molar-refractivity contribution in [3.05, 3.63) is 102 Å². The van der Waals surface area contributed by atoms with Crippen molar-refractivity contribution in [1.29, 1.82) is 0 Å². The van der Waals surface area contributed by atoms with Crippen LogP contribution in [-0.2, 0) is 51.5 Å². The van der Waals surface area contributed by atoms with E-state index in [9.17, 15) is 8.42 Å². The van der Waals surface area contributed by atoms with E-state index in [4.69, 9.17) is 28.4 Å². The molecule has 2 fully saturated rings. The minimum absolute atomic E-state index is 0.135. The van der Waals surface area contributed by atoms with Crippen molar-refractivity contribution in [2.75, 3.05) is 19.5 Å². The third-order valence-corrected chi connectivity index (χ3v) is 8.31. The van der Waals surface area contributed by atoms with Crippen molar-refractivity contribution in [2.24, 2.45) is 0 Å². The molecule has 5 rings (SSSR count). The zero-order chi connectivity index (χ0) is 26.4. The standard InChI is InChI=1S/C29H32O8S/c1-32-29-28(35-18-22-13-7-3-8-14-22)27(34-17-21-11-5-2-6-12-21)26-24(36-29)19-33-25(37-26)20-38(30,31)23-15-9-4-10-16-23/h2-16,24-29H,17-20H2,1H3/t24-,25-,26-,27+,28+,29+/m1/s1. The summed E-state index contributed by atoms with van der Waals surface area (Å²) in [6, 6.07) is 27.9. The molecule has 0 radical (unpaired) electrons. The van der Waals surface area contributed by atoms with E-state index in [1.165, 1.54) is 0 Å². The van der Waals surface area contributed by atoms with Crippen LogP contribution in [0, 0.1) is 0 Å². The molecule has 3 aromatic carbocycles. The molecule has 2 aliphatic rings. The Kier molecular flexibility index (Phi) is 8.86. The molecule has 0 spiro atoms. The number of benzene rings is 3. The Morgan fingerprint density at radius 2 is 1.32 bits per heavy atom. The molecule has 6 atom stereocenters. The van der Waals surface area contributed by atoms with Crippen LogP contribution in [0.4, 0.5) is 0 Å². The van der Waals surface area contributed by atoms with Gasteiger partial charge in [-0.15, -0.1) is 0 Å². The molecule has 202 valence electrons. The molecular weight excluding hydrogens is 508 g/mol. The third-order valence-electron chi connectivity index (χ3n) is 6.61. The average molecular weight is 541 g/mol. The van der Waals surface area contributed by atoms with E-state index < -0.39 is 46.8 Å². The van der Waals surface area contributed by atoms with Crippen molar-refractivity contribution < 1.29 is 36.8 Å². The van der Waals surface area contributed by atoms with Gasteiger partial charge in [-0.25, -0.2) is 8.42 Å². The Morgan fingerprint density at radius 1 is 0.763 bits per heavy atom. The molecule has 0 aliphatic carbocycles. The summed E-state index contributed by atoms with van der Waals surface area (Å²) in [5.74, 6) is -0.325. The lowest BCUT2D eigenvalue weighted by atomic mass is 9.97. The predicted octanol–water partition coefficient (Wildman–Crippen LogP) is 3.74. The SMILES string of the molecule is CO[C@H]1O[C@@H]2CO[C@@H](CS(=O)(=O)c3ccccc3)O[C@H]2[C@H](OCc2ccccc2)[C@@H]1OCc1ccccc1. The van der Waals surface area contributed by atoms with Crippen molar-refractivity contribution in [3.63, 3.8) is 0 Å². The van der Waals surface area contributed by atoms with Crippen LogP contribution in [0.1, 0.15) is 11.1 Å². The minimum atomic E-state index is -3.63. The molecule has 2 heterocycles. The van der Waals surface area contributed by atoms with E-state index in [1.807, 2.05) is 60.7 Å². The van der Waals surface area contributed by atoms with Gasteiger partial charge in [-0.1, -0.05) is 78.9 Å². The van der Waals surface area contributed by atoms with Crippen LogP contribution < -0.4 is 0 Å². The molecule has 0 N–H and O–H groups in total. The van der Waals surface area contributed by atoms with E-state index in [0.717, 1.165) is 11.1 Å². The van der Waals surface area contributed by atoms with Gasteiger partial charge in [-0.3, -0.25) is 0 Å². The fourth-order valence-corrected chi connectivity index (χ4v) is 5.97. The molecule has 0 bridgehead atoms. The van der Waals surface area contributed by atoms with Crippen LogP contribution in [0.15, 0.2) is 95.9 Å². The third kappa shape index (κ3) is 6.50. The van der Waals surface area contributed by atoms with Gasteiger partial charge in [-0.05, 0) is 23.3 Å². The summed E-state index contributed by atoms with van der Waals surface area (Å²) in [6.07, 6.45) is -4.09. The highest BCUT2D eigenvalue weighted by Crippen LogP contribution is 2.34. The van der Waals surface area contributed by atoms with Crippen molar-refractivity contribution in [1.82, 2.24) is 0 Å². The van der Waals surface area contributed by atoms with Gasteiger partial charge in [0.25, 0.3) is 0 Å². The molecule has 2 saturated heterocycles. The monoisotopic (exact) mass is 540 g/mol. The quantitative estimate of drug-likeness (QED) is 0.384. The van der Waals surface area contributed by atoms with E-state index >= 15 is 0 Å². The summed E-state index contributed by atoms with van der Waals surface area (Å²) in [5, 5.41) is 0. The lowest BCUT2D eigenvalue weighted by molar-refractivity contribution is -0.363. The van der Waals surface area contributed by atoms with Crippen LogP contribution in [0.2, 0.25) is 0 Å². The van der Waals surface area contributed by atoms with E-state index in [2.05, 4.69) is 0 Å². The van der Waals surface area contributed by atoms with Crippen LogP contribution in [0.25, 0.3) is 0 Å². The molecule has 0 amide bonds. The Morgan fingerprint density at radius 3 is 1.89 bits per heavy atom. The van der Waals surface area contributed by atoms with Gasteiger partial charge in [0, 0.05) is 7.11 Å². The summed E-state index contributed by atoms with van der Waals surface area (Å²) < 4.78 is 62.6. The summed E-state index contributed by atoms with van der Waals surface area (Å²) in [7, 11) is -2.08. The predicted molar refractivity (Wildman–Crippen MR) is 139 cm³/mol. The molecule has 0 unspecified atom stereocenters.